The van der Waals surface area contributed by atoms with Crippen molar-refractivity contribution in [2.75, 3.05) is 20.3 Å². The van der Waals surface area contributed by atoms with Crippen LogP contribution in [-0.2, 0) is 35.0 Å². The van der Waals surface area contributed by atoms with Gasteiger partial charge in [0.1, 0.15) is 5.60 Å². The van der Waals surface area contributed by atoms with Crippen LogP contribution >= 0.6 is 11.6 Å². The van der Waals surface area contributed by atoms with Gasteiger partial charge in [0.15, 0.2) is 0 Å². The Balaban J connectivity index is 2.10. The summed E-state index contributed by atoms with van der Waals surface area (Å²) in [4.78, 5) is 39.3. The first kappa shape index (κ1) is 33.1. The van der Waals surface area contributed by atoms with Crippen molar-refractivity contribution >= 4 is 29.4 Å². The van der Waals surface area contributed by atoms with Crippen LogP contribution in [0.3, 0.4) is 0 Å². The minimum absolute atomic E-state index is 0.0713. The van der Waals surface area contributed by atoms with Gasteiger partial charge in [-0.05, 0) is 90.3 Å². The molecule has 0 saturated heterocycles. The molecule has 2 rings (SSSR count). The highest BCUT2D eigenvalue weighted by molar-refractivity contribution is 6.30. The number of amides is 1. The third kappa shape index (κ3) is 11.9. The molecule has 1 aromatic carbocycles. The van der Waals surface area contributed by atoms with Gasteiger partial charge < -0.3 is 19.5 Å². The van der Waals surface area contributed by atoms with Crippen LogP contribution in [0.2, 0.25) is 5.02 Å². The number of methoxy groups -OCH3 is 1. The second-order valence-corrected chi connectivity index (χ2v) is 12.2. The lowest BCUT2D eigenvalue weighted by molar-refractivity contribution is -0.162. The molecule has 0 spiro atoms. The molecule has 1 unspecified atom stereocenters. The van der Waals surface area contributed by atoms with E-state index in [0.717, 1.165) is 32.1 Å². The SMILES string of the molecule is CCOC(=O)CC(CCCCc1ccc(Cl)cc1)NC(=O)C1(C[C@@H](CCOC)C(=O)OC(C)(C)C)CCCC1. The molecular formula is C31H48ClNO6. The van der Waals surface area contributed by atoms with Gasteiger partial charge in [0, 0.05) is 24.8 Å². The number of halogens is 1. The monoisotopic (exact) mass is 565 g/mol. The van der Waals surface area contributed by atoms with E-state index in [0.29, 0.717) is 50.3 Å². The van der Waals surface area contributed by atoms with E-state index in [2.05, 4.69) is 5.32 Å². The highest BCUT2D eigenvalue weighted by atomic mass is 35.5. The fraction of sp³-hybridized carbons (Fsp3) is 0.710. The Morgan fingerprint density at radius 3 is 2.31 bits per heavy atom. The minimum atomic E-state index is -0.661. The van der Waals surface area contributed by atoms with Crippen molar-refractivity contribution in [3.63, 3.8) is 0 Å². The average Bonchev–Trinajstić information content (AvgIpc) is 3.34. The number of rotatable bonds is 16. The molecule has 1 N–H and O–H groups in total. The van der Waals surface area contributed by atoms with Gasteiger partial charge in [0.2, 0.25) is 5.91 Å². The normalized spacial score (nSPS) is 16.4. The molecule has 1 saturated carbocycles. The predicted molar refractivity (Wildman–Crippen MR) is 154 cm³/mol. The summed E-state index contributed by atoms with van der Waals surface area (Å²) in [6, 6.07) is 7.50. The molecule has 8 heteroatoms. The van der Waals surface area contributed by atoms with Gasteiger partial charge in [-0.1, -0.05) is 43.0 Å². The van der Waals surface area contributed by atoms with E-state index < -0.39 is 16.9 Å². The number of unbranched alkanes of at least 4 members (excludes halogenated alkanes) is 1. The van der Waals surface area contributed by atoms with Crippen LogP contribution in [-0.4, -0.2) is 49.8 Å². The van der Waals surface area contributed by atoms with Crippen molar-refractivity contribution in [2.24, 2.45) is 11.3 Å². The molecule has 1 aliphatic rings. The Labute approximate surface area is 239 Å². The molecule has 0 bridgehead atoms. The summed E-state index contributed by atoms with van der Waals surface area (Å²) in [5.74, 6) is -1.11. The van der Waals surface area contributed by atoms with Gasteiger partial charge in [0.05, 0.1) is 24.4 Å². The van der Waals surface area contributed by atoms with Crippen molar-refractivity contribution in [2.45, 2.75) is 110 Å². The lowest BCUT2D eigenvalue weighted by Crippen LogP contribution is -2.47. The number of ether oxygens (including phenoxy) is 3. The first-order chi connectivity index (χ1) is 18.5. The fourth-order valence-electron chi connectivity index (χ4n) is 5.35. The van der Waals surface area contributed by atoms with Crippen LogP contribution in [0.1, 0.15) is 97.5 Å². The Kier molecular flexibility index (Phi) is 13.8. The number of benzene rings is 1. The van der Waals surface area contributed by atoms with E-state index in [9.17, 15) is 14.4 Å². The number of esters is 2. The Hall–Kier alpha value is -2.12. The maximum absolute atomic E-state index is 13.9. The Morgan fingerprint density at radius 1 is 1.05 bits per heavy atom. The maximum atomic E-state index is 13.9. The average molecular weight is 566 g/mol. The lowest BCUT2D eigenvalue weighted by atomic mass is 9.75. The predicted octanol–water partition coefficient (Wildman–Crippen LogP) is 6.44. The van der Waals surface area contributed by atoms with Crippen molar-refractivity contribution < 1.29 is 28.6 Å². The van der Waals surface area contributed by atoms with Gasteiger partial charge in [0.25, 0.3) is 0 Å². The van der Waals surface area contributed by atoms with E-state index >= 15 is 0 Å². The smallest absolute Gasteiger partial charge is 0.309 e. The molecule has 1 amide bonds. The molecule has 1 fully saturated rings. The molecule has 1 aromatic rings. The van der Waals surface area contributed by atoms with Gasteiger partial charge >= 0.3 is 11.9 Å². The fourth-order valence-corrected chi connectivity index (χ4v) is 5.48. The maximum Gasteiger partial charge on any atom is 0.309 e. The van der Waals surface area contributed by atoms with Crippen molar-refractivity contribution in [1.29, 1.82) is 0 Å². The molecule has 220 valence electrons. The van der Waals surface area contributed by atoms with Gasteiger partial charge in [-0.25, -0.2) is 0 Å². The zero-order chi connectivity index (χ0) is 28.9. The van der Waals surface area contributed by atoms with E-state index in [-0.39, 0.29) is 30.3 Å². The van der Waals surface area contributed by atoms with Gasteiger partial charge in [-0.15, -0.1) is 0 Å². The van der Waals surface area contributed by atoms with E-state index in [1.165, 1.54) is 5.56 Å². The van der Waals surface area contributed by atoms with Crippen LogP contribution in [0.25, 0.3) is 0 Å². The number of hydrogen-bond acceptors (Lipinski definition) is 6. The minimum Gasteiger partial charge on any atom is -0.466 e. The van der Waals surface area contributed by atoms with Crippen molar-refractivity contribution in [1.82, 2.24) is 5.32 Å². The highest BCUT2D eigenvalue weighted by Crippen LogP contribution is 2.44. The molecule has 0 aromatic heterocycles. The zero-order valence-corrected chi connectivity index (χ0v) is 25.2. The van der Waals surface area contributed by atoms with Crippen molar-refractivity contribution in [3.8, 4) is 0 Å². The quantitative estimate of drug-likeness (QED) is 0.183. The standard InChI is InChI=1S/C31H48ClNO6/c1-6-38-27(34)21-26(12-8-7-11-23-13-15-25(32)16-14-23)33-29(36)31(18-9-10-19-31)22-24(17-20-37-5)28(35)39-30(2,3)4/h13-16,24,26H,6-12,17-22H2,1-5H3,(H,33,36)/t24-,26?/m1/s1. The summed E-state index contributed by atoms with van der Waals surface area (Å²) in [7, 11) is 1.61. The third-order valence-electron chi connectivity index (χ3n) is 7.32. The summed E-state index contributed by atoms with van der Waals surface area (Å²) in [6.07, 6.45) is 7.71. The molecule has 1 aliphatic carbocycles. The number of carbonyl (C=O) groups excluding carboxylic acids is 3. The first-order valence-electron chi connectivity index (χ1n) is 14.4. The second-order valence-electron chi connectivity index (χ2n) is 11.8. The molecule has 0 radical (unpaired) electrons. The zero-order valence-electron chi connectivity index (χ0n) is 24.5. The number of hydrogen-bond donors (Lipinski definition) is 1. The summed E-state index contributed by atoms with van der Waals surface area (Å²) in [6.45, 7) is 8.05. The largest absolute Gasteiger partial charge is 0.466 e. The van der Waals surface area contributed by atoms with E-state index in [4.69, 9.17) is 25.8 Å². The number of aryl methyl sites for hydroxylation is 1. The van der Waals surface area contributed by atoms with Crippen LogP contribution < -0.4 is 5.32 Å². The van der Waals surface area contributed by atoms with E-state index in [1.807, 2.05) is 45.0 Å². The van der Waals surface area contributed by atoms with Crippen LogP contribution in [0, 0.1) is 11.3 Å². The molecule has 0 heterocycles. The van der Waals surface area contributed by atoms with Crippen LogP contribution in [0.15, 0.2) is 24.3 Å². The first-order valence-corrected chi connectivity index (χ1v) is 14.8. The number of carbonyl (C=O) groups is 3. The number of nitrogens with one attached hydrogen (secondary N) is 1. The lowest BCUT2D eigenvalue weighted by Gasteiger charge is -2.34. The summed E-state index contributed by atoms with van der Waals surface area (Å²) < 4.78 is 16.2. The summed E-state index contributed by atoms with van der Waals surface area (Å²) in [5, 5.41) is 3.92. The van der Waals surface area contributed by atoms with Gasteiger partial charge in [-0.2, -0.15) is 0 Å². The topological polar surface area (TPSA) is 90.9 Å². The van der Waals surface area contributed by atoms with Gasteiger partial charge in [-0.3, -0.25) is 14.4 Å². The highest BCUT2D eigenvalue weighted by Gasteiger charge is 2.45. The second kappa shape index (κ2) is 16.2. The molecule has 7 nitrogen and oxygen atoms in total. The molecule has 2 atom stereocenters. The summed E-state index contributed by atoms with van der Waals surface area (Å²) >= 11 is 5.99. The molecule has 39 heavy (non-hydrogen) atoms. The van der Waals surface area contributed by atoms with Crippen molar-refractivity contribution in [3.05, 3.63) is 34.9 Å². The van der Waals surface area contributed by atoms with Crippen LogP contribution in [0.4, 0.5) is 0 Å². The third-order valence-corrected chi connectivity index (χ3v) is 7.58. The van der Waals surface area contributed by atoms with Crippen LogP contribution in [0.5, 0.6) is 0 Å². The molecular weight excluding hydrogens is 518 g/mol. The summed E-state index contributed by atoms with van der Waals surface area (Å²) in [5.41, 5.74) is -0.0602. The molecule has 0 aliphatic heterocycles. The Bertz CT molecular complexity index is 905. The Morgan fingerprint density at radius 2 is 1.72 bits per heavy atom. The van der Waals surface area contributed by atoms with E-state index in [1.54, 1.807) is 14.0 Å².